The molecule has 3 nitrogen and oxygen atoms in total. The maximum atomic E-state index is 12.7. The van der Waals surface area contributed by atoms with E-state index in [4.69, 9.17) is 0 Å². The van der Waals surface area contributed by atoms with E-state index in [1.165, 1.54) is 5.56 Å². The van der Waals surface area contributed by atoms with Gasteiger partial charge in [-0.3, -0.25) is 4.79 Å². The molecule has 1 aromatic rings. The molecule has 2 fully saturated rings. The van der Waals surface area contributed by atoms with Crippen LogP contribution in [0, 0.1) is 5.92 Å². The molecule has 3 rings (SSSR count). The molecular weight excluding hydrogens is 236 g/mol. The van der Waals surface area contributed by atoms with Crippen molar-refractivity contribution in [1.82, 2.24) is 10.6 Å². The monoisotopic (exact) mass is 258 g/mol. The quantitative estimate of drug-likeness (QED) is 0.850. The highest BCUT2D eigenvalue weighted by Crippen LogP contribution is 2.43. The van der Waals surface area contributed by atoms with E-state index < -0.39 is 0 Å². The van der Waals surface area contributed by atoms with Gasteiger partial charge in [-0.1, -0.05) is 30.3 Å². The summed E-state index contributed by atoms with van der Waals surface area (Å²) in [6, 6.07) is 10.4. The van der Waals surface area contributed by atoms with Crippen LogP contribution in [0.1, 0.15) is 31.2 Å². The predicted molar refractivity (Wildman–Crippen MR) is 76.0 cm³/mol. The maximum Gasteiger partial charge on any atom is 0.230 e. The van der Waals surface area contributed by atoms with Crippen LogP contribution in [-0.2, 0) is 10.2 Å². The average molecular weight is 258 g/mol. The van der Waals surface area contributed by atoms with E-state index in [0.717, 1.165) is 45.3 Å². The Bertz CT molecular complexity index is 439. The van der Waals surface area contributed by atoms with Gasteiger partial charge >= 0.3 is 0 Å². The van der Waals surface area contributed by atoms with Crippen LogP contribution in [0.3, 0.4) is 0 Å². The number of hydrogen-bond donors (Lipinski definition) is 2. The summed E-state index contributed by atoms with van der Waals surface area (Å²) in [5.74, 6) is 0.716. The first-order chi connectivity index (χ1) is 9.34. The van der Waals surface area contributed by atoms with Crippen LogP contribution in [0.2, 0.25) is 0 Å². The van der Waals surface area contributed by atoms with Crippen molar-refractivity contribution in [2.75, 3.05) is 19.6 Å². The molecular formula is C16H22N2O. The first-order valence-corrected chi connectivity index (χ1v) is 7.38. The standard InChI is InChI=1S/C16H22N2O/c19-15-16(9-4-10-18-15,13-5-2-1-3-6-13)14-7-11-17-12-8-14/h1-3,5-6,14,17H,4,7-12H2,(H,18,19). The third-order valence-corrected chi connectivity index (χ3v) is 4.76. The van der Waals surface area contributed by atoms with Crippen molar-refractivity contribution in [2.45, 2.75) is 31.1 Å². The number of amides is 1. The van der Waals surface area contributed by atoms with Crippen LogP contribution in [0.15, 0.2) is 30.3 Å². The van der Waals surface area contributed by atoms with Crippen molar-refractivity contribution in [3.8, 4) is 0 Å². The lowest BCUT2D eigenvalue weighted by molar-refractivity contribution is -0.131. The number of rotatable bonds is 2. The summed E-state index contributed by atoms with van der Waals surface area (Å²) in [6.07, 6.45) is 4.28. The van der Waals surface area contributed by atoms with Crippen LogP contribution in [-0.4, -0.2) is 25.5 Å². The zero-order chi connectivity index (χ0) is 13.1. The molecule has 2 aliphatic heterocycles. The Kier molecular flexibility index (Phi) is 3.56. The molecule has 0 bridgehead atoms. The molecule has 0 radical (unpaired) electrons. The van der Waals surface area contributed by atoms with Gasteiger partial charge in [0.05, 0.1) is 5.41 Å². The highest BCUT2D eigenvalue weighted by atomic mass is 16.2. The van der Waals surface area contributed by atoms with Gasteiger partial charge < -0.3 is 10.6 Å². The summed E-state index contributed by atoms with van der Waals surface area (Å²) in [5.41, 5.74) is 0.917. The number of carbonyl (C=O) groups is 1. The zero-order valence-corrected chi connectivity index (χ0v) is 11.3. The molecule has 0 saturated carbocycles. The fourth-order valence-electron chi connectivity index (χ4n) is 3.79. The molecule has 19 heavy (non-hydrogen) atoms. The van der Waals surface area contributed by atoms with Crippen molar-refractivity contribution < 1.29 is 4.79 Å². The van der Waals surface area contributed by atoms with Crippen LogP contribution < -0.4 is 10.6 Å². The van der Waals surface area contributed by atoms with Gasteiger partial charge in [-0.25, -0.2) is 0 Å². The second-order valence-electron chi connectivity index (χ2n) is 5.72. The average Bonchev–Trinajstić information content (AvgIpc) is 2.50. The summed E-state index contributed by atoms with van der Waals surface area (Å²) >= 11 is 0. The molecule has 2 saturated heterocycles. The molecule has 2 heterocycles. The number of benzene rings is 1. The molecule has 2 aliphatic rings. The number of piperidine rings is 2. The second-order valence-corrected chi connectivity index (χ2v) is 5.72. The summed E-state index contributed by atoms with van der Waals surface area (Å²) in [6.45, 7) is 2.90. The number of nitrogens with one attached hydrogen (secondary N) is 2. The maximum absolute atomic E-state index is 12.7. The highest BCUT2D eigenvalue weighted by Gasteiger charge is 2.47. The van der Waals surface area contributed by atoms with E-state index in [0.29, 0.717) is 5.92 Å². The van der Waals surface area contributed by atoms with Gasteiger partial charge in [-0.2, -0.15) is 0 Å². The predicted octanol–water partition coefficient (Wildman–Crippen LogP) is 1.83. The molecule has 0 spiro atoms. The van der Waals surface area contributed by atoms with Gasteiger partial charge in [0.2, 0.25) is 5.91 Å². The molecule has 0 aromatic heterocycles. The van der Waals surface area contributed by atoms with E-state index >= 15 is 0 Å². The van der Waals surface area contributed by atoms with E-state index in [2.05, 4.69) is 34.9 Å². The summed E-state index contributed by atoms with van der Waals surface area (Å²) in [7, 11) is 0. The Morgan fingerprint density at radius 3 is 2.47 bits per heavy atom. The van der Waals surface area contributed by atoms with Gasteiger partial charge in [0.25, 0.3) is 0 Å². The van der Waals surface area contributed by atoms with E-state index in [1.807, 2.05) is 6.07 Å². The molecule has 2 N–H and O–H groups in total. The first-order valence-electron chi connectivity index (χ1n) is 7.38. The van der Waals surface area contributed by atoms with Gasteiger partial charge in [-0.05, 0) is 50.3 Å². The van der Waals surface area contributed by atoms with Gasteiger partial charge in [0.15, 0.2) is 0 Å². The molecule has 0 aliphatic carbocycles. The lowest BCUT2D eigenvalue weighted by Gasteiger charge is -2.44. The van der Waals surface area contributed by atoms with Crippen molar-refractivity contribution in [3.05, 3.63) is 35.9 Å². The second kappa shape index (κ2) is 5.33. The Morgan fingerprint density at radius 2 is 1.79 bits per heavy atom. The number of carbonyl (C=O) groups excluding carboxylic acids is 1. The summed E-state index contributed by atoms with van der Waals surface area (Å²) in [4.78, 5) is 12.7. The third kappa shape index (κ3) is 2.16. The lowest BCUT2D eigenvalue weighted by atomic mass is 9.62. The fourth-order valence-corrected chi connectivity index (χ4v) is 3.79. The highest BCUT2D eigenvalue weighted by molar-refractivity contribution is 5.89. The Hall–Kier alpha value is -1.35. The van der Waals surface area contributed by atoms with Crippen LogP contribution in [0.25, 0.3) is 0 Å². The Balaban J connectivity index is 2.01. The fraction of sp³-hybridized carbons (Fsp3) is 0.562. The smallest absolute Gasteiger partial charge is 0.230 e. The van der Waals surface area contributed by atoms with E-state index in [-0.39, 0.29) is 11.3 Å². The number of hydrogen-bond acceptors (Lipinski definition) is 2. The third-order valence-electron chi connectivity index (χ3n) is 4.76. The van der Waals surface area contributed by atoms with Crippen LogP contribution in [0.4, 0.5) is 0 Å². The molecule has 1 unspecified atom stereocenters. The molecule has 1 amide bonds. The minimum Gasteiger partial charge on any atom is -0.355 e. The van der Waals surface area contributed by atoms with Gasteiger partial charge in [-0.15, -0.1) is 0 Å². The molecule has 102 valence electrons. The van der Waals surface area contributed by atoms with Crippen LogP contribution >= 0.6 is 0 Å². The minimum absolute atomic E-state index is 0.247. The molecule has 3 heteroatoms. The first kappa shape index (κ1) is 12.7. The zero-order valence-electron chi connectivity index (χ0n) is 11.3. The van der Waals surface area contributed by atoms with E-state index in [9.17, 15) is 4.79 Å². The Morgan fingerprint density at radius 1 is 1.05 bits per heavy atom. The topological polar surface area (TPSA) is 41.1 Å². The van der Waals surface area contributed by atoms with Gasteiger partial charge in [0.1, 0.15) is 0 Å². The van der Waals surface area contributed by atoms with Crippen molar-refractivity contribution in [2.24, 2.45) is 5.92 Å². The largest absolute Gasteiger partial charge is 0.355 e. The summed E-state index contributed by atoms with van der Waals surface area (Å²) < 4.78 is 0. The Labute approximate surface area is 114 Å². The lowest BCUT2D eigenvalue weighted by Crippen LogP contribution is -2.55. The summed E-state index contributed by atoms with van der Waals surface area (Å²) in [5, 5.41) is 6.51. The molecule has 1 atom stereocenters. The molecule has 1 aromatic carbocycles. The normalized spacial score (nSPS) is 28.9. The van der Waals surface area contributed by atoms with E-state index in [1.54, 1.807) is 0 Å². The van der Waals surface area contributed by atoms with Crippen molar-refractivity contribution in [3.63, 3.8) is 0 Å². The van der Waals surface area contributed by atoms with Crippen molar-refractivity contribution in [1.29, 1.82) is 0 Å². The minimum atomic E-state index is -0.290. The van der Waals surface area contributed by atoms with Crippen LogP contribution in [0.5, 0.6) is 0 Å². The van der Waals surface area contributed by atoms with Gasteiger partial charge in [0, 0.05) is 6.54 Å². The SMILES string of the molecule is O=C1NCCCC1(c1ccccc1)C1CCNCC1. The van der Waals surface area contributed by atoms with Crippen molar-refractivity contribution >= 4 is 5.91 Å².